The van der Waals surface area contributed by atoms with Crippen molar-refractivity contribution in [1.29, 1.82) is 0 Å². The summed E-state index contributed by atoms with van der Waals surface area (Å²) in [4.78, 5) is 20.7. The maximum absolute atomic E-state index is 14.9. The van der Waals surface area contributed by atoms with Crippen LogP contribution in [0.3, 0.4) is 0 Å². The quantitative estimate of drug-likeness (QED) is 0.727. The van der Waals surface area contributed by atoms with Gasteiger partial charge in [-0.25, -0.2) is 27.1 Å². The Balaban J connectivity index is 1.75. The lowest BCUT2D eigenvalue weighted by Gasteiger charge is -2.38. The number of anilines is 1. The highest BCUT2D eigenvalue weighted by atomic mass is 35.5. The molecule has 2 aromatic rings. The molecule has 3 heterocycles. The highest BCUT2D eigenvalue weighted by molar-refractivity contribution is 7.90. The number of amides is 1. The molecule has 2 aliphatic heterocycles. The van der Waals surface area contributed by atoms with Crippen molar-refractivity contribution in [2.45, 2.75) is 17.4 Å². The van der Waals surface area contributed by atoms with Crippen LogP contribution in [0.2, 0.25) is 5.02 Å². The lowest BCUT2D eigenvalue weighted by atomic mass is 9.88. The lowest BCUT2D eigenvalue weighted by Crippen LogP contribution is -2.55. The van der Waals surface area contributed by atoms with E-state index in [-0.39, 0.29) is 35.9 Å². The van der Waals surface area contributed by atoms with Crippen molar-refractivity contribution in [2.24, 2.45) is 10.7 Å². The minimum atomic E-state index is -4.02. The number of nitrogens with two attached hydrogens (primary N) is 1. The van der Waals surface area contributed by atoms with Crippen LogP contribution in [0, 0.1) is 5.82 Å². The molecule has 0 saturated carbocycles. The molecule has 2 atom stereocenters. The molecule has 158 valence electrons. The third-order valence-electron chi connectivity index (χ3n) is 5.08. The number of guanidine groups is 1. The number of ether oxygens (including phenoxy) is 1. The minimum absolute atomic E-state index is 0.0357. The fourth-order valence-electron chi connectivity index (χ4n) is 3.53. The second-order valence-corrected chi connectivity index (χ2v) is 9.31. The van der Waals surface area contributed by atoms with Gasteiger partial charge in [0.1, 0.15) is 17.1 Å². The molecule has 0 aliphatic carbocycles. The zero-order valence-corrected chi connectivity index (χ0v) is 17.2. The molecular weight excluding hydrogens is 437 g/mol. The van der Waals surface area contributed by atoms with Gasteiger partial charge in [0.05, 0.1) is 11.6 Å². The Morgan fingerprint density at radius 2 is 2.17 bits per heavy atom. The van der Waals surface area contributed by atoms with Crippen molar-refractivity contribution in [2.75, 3.05) is 19.0 Å². The number of sulfonamides is 1. The van der Waals surface area contributed by atoms with Gasteiger partial charge in [0, 0.05) is 30.9 Å². The molecule has 1 fully saturated rings. The number of aromatic nitrogens is 1. The van der Waals surface area contributed by atoms with Gasteiger partial charge in [-0.3, -0.25) is 4.79 Å². The number of rotatable bonds is 3. The molecule has 3 N–H and O–H groups in total. The normalized spacial score (nSPS) is 24.8. The van der Waals surface area contributed by atoms with Gasteiger partial charge in [0.15, 0.2) is 0 Å². The van der Waals surface area contributed by atoms with E-state index in [1.807, 2.05) is 0 Å². The first-order chi connectivity index (χ1) is 14.1. The zero-order valence-electron chi connectivity index (χ0n) is 15.7. The van der Waals surface area contributed by atoms with Crippen LogP contribution >= 0.6 is 11.6 Å². The van der Waals surface area contributed by atoms with E-state index < -0.39 is 32.7 Å². The van der Waals surface area contributed by atoms with Gasteiger partial charge in [0.2, 0.25) is 11.4 Å². The Kier molecular flexibility index (Phi) is 4.91. The van der Waals surface area contributed by atoms with Gasteiger partial charge in [-0.05, 0) is 30.3 Å². The van der Waals surface area contributed by atoms with Gasteiger partial charge in [-0.1, -0.05) is 11.6 Å². The second-order valence-electron chi connectivity index (χ2n) is 6.87. The number of fused-ring (bicyclic) bond motifs is 1. The first-order valence-electron chi connectivity index (χ1n) is 8.83. The zero-order chi connectivity index (χ0) is 21.7. The van der Waals surface area contributed by atoms with Crippen LogP contribution in [0.4, 0.5) is 10.1 Å². The molecule has 1 saturated heterocycles. The van der Waals surface area contributed by atoms with E-state index in [1.165, 1.54) is 37.5 Å². The molecule has 1 amide bonds. The molecule has 1 unspecified atom stereocenters. The van der Waals surface area contributed by atoms with Gasteiger partial charge in [0.25, 0.3) is 15.9 Å². The van der Waals surface area contributed by atoms with E-state index in [4.69, 9.17) is 22.1 Å². The number of carbonyl (C=O) groups is 1. The van der Waals surface area contributed by atoms with Crippen LogP contribution in [0.25, 0.3) is 0 Å². The first-order valence-corrected chi connectivity index (χ1v) is 10.7. The number of nitrogens with one attached hydrogen (secondary N) is 1. The Morgan fingerprint density at radius 3 is 2.87 bits per heavy atom. The third kappa shape index (κ3) is 3.18. The smallest absolute Gasteiger partial charge is 0.274 e. The molecule has 4 rings (SSSR count). The summed E-state index contributed by atoms with van der Waals surface area (Å²) in [6, 6.07) is 6.77. The Bertz CT molecular complexity index is 1160. The van der Waals surface area contributed by atoms with Crippen molar-refractivity contribution >= 4 is 39.2 Å². The van der Waals surface area contributed by atoms with E-state index in [9.17, 15) is 17.6 Å². The van der Waals surface area contributed by atoms with Gasteiger partial charge < -0.3 is 15.8 Å². The minimum Gasteiger partial charge on any atom is -0.369 e. The van der Waals surface area contributed by atoms with Crippen LogP contribution in [-0.2, 0) is 20.3 Å². The molecule has 9 nitrogen and oxygen atoms in total. The Morgan fingerprint density at radius 1 is 1.40 bits per heavy atom. The van der Waals surface area contributed by atoms with Gasteiger partial charge in [-0.15, -0.1) is 0 Å². The Hall–Kier alpha value is -2.76. The number of hydrogen-bond donors (Lipinski definition) is 2. The SMILES string of the molecule is CN1C(N)=N[C@@]2(c3cc(NC(=O)c4ccc(Cl)cn4)ccc3F)CCOC2S1(=O)=O. The summed E-state index contributed by atoms with van der Waals surface area (Å²) in [7, 11) is -2.76. The molecule has 1 aromatic carbocycles. The van der Waals surface area contributed by atoms with Crippen molar-refractivity contribution in [3.8, 4) is 0 Å². The second kappa shape index (κ2) is 7.18. The summed E-state index contributed by atoms with van der Waals surface area (Å²) < 4.78 is 46.7. The number of benzene rings is 1. The molecule has 0 radical (unpaired) electrons. The summed E-state index contributed by atoms with van der Waals surface area (Å²) >= 11 is 5.77. The van der Waals surface area contributed by atoms with Crippen LogP contribution in [0.15, 0.2) is 41.5 Å². The van der Waals surface area contributed by atoms with Crippen molar-refractivity contribution in [3.05, 3.63) is 58.6 Å². The predicted octanol–water partition coefficient (Wildman–Crippen LogP) is 1.66. The molecule has 2 aliphatic rings. The number of aliphatic imine (C=N–C) groups is 1. The largest absolute Gasteiger partial charge is 0.369 e. The lowest BCUT2D eigenvalue weighted by molar-refractivity contribution is 0.102. The number of nitrogens with zero attached hydrogens (tertiary/aromatic N) is 3. The molecule has 1 aromatic heterocycles. The summed E-state index contributed by atoms with van der Waals surface area (Å²) in [5.74, 6) is -1.50. The topological polar surface area (TPSA) is 127 Å². The summed E-state index contributed by atoms with van der Waals surface area (Å²) in [6.45, 7) is 0.0548. The van der Waals surface area contributed by atoms with Crippen LogP contribution in [-0.4, -0.2) is 48.7 Å². The third-order valence-corrected chi connectivity index (χ3v) is 7.32. The molecule has 0 bridgehead atoms. The number of hydrogen-bond acceptors (Lipinski definition) is 7. The standard InChI is InChI=1S/C18H17ClFN5O4S/c1-25-17(21)24-18(6-7-29-16(18)30(25,27)28)12-8-11(3-4-13(12)20)23-15(26)14-5-2-10(19)9-22-14/h2-5,8-9,16H,6-7H2,1H3,(H2,21,24)(H,23,26)/t16?,18-/m1/s1. The van der Waals surface area contributed by atoms with Gasteiger partial charge in [-0.2, -0.15) is 0 Å². The molecule has 30 heavy (non-hydrogen) atoms. The van der Waals surface area contributed by atoms with Crippen LogP contribution < -0.4 is 11.1 Å². The fourth-order valence-corrected chi connectivity index (χ4v) is 5.29. The molecular formula is C18H17ClFN5O4S. The van der Waals surface area contributed by atoms with E-state index in [2.05, 4.69) is 15.3 Å². The van der Waals surface area contributed by atoms with Crippen LogP contribution in [0.1, 0.15) is 22.5 Å². The summed E-state index contributed by atoms with van der Waals surface area (Å²) in [5, 5.41) is 2.99. The predicted molar refractivity (Wildman–Crippen MR) is 108 cm³/mol. The van der Waals surface area contributed by atoms with Crippen LogP contribution in [0.5, 0.6) is 0 Å². The fraction of sp³-hybridized carbons (Fsp3) is 0.278. The van der Waals surface area contributed by atoms with Crippen molar-refractivity contribution in [3.63, 3.8) is 0 Å². The van der Waals surface area contributed by atoms with E-state index in [1.54, 1.807) is 0 Å². The number of carbonyl (C=O) groups excluding carboxylic acids is 1. The maximum Gasteiger partial charge on any atom is 0.274 e. The summed E-state index contributed by atoms with van der Waals surface area (Å²) in [5.41, 5.74) is 3.14. The maximum atomic E-state index is 14.9. The molecule has 0 spiro atoms. The summed E-state index contributed by atoms with van der Waals surface area (Å²) in [6.07, 6.45) is 1.44. The average Bonchev–Trinajstić information content (AvgIpc) is 3.14. The molecule has 12 heteroatoms. The number of halogens is 2. The highest BCUT2D eigenvalue weighted by Crippen LogP contribution is 2.46. The number of pyridine rings is 1. The monoisotopic (exact) mass is 453 g/mol. The average molecular weight is 454 g/mol. The van der Waals surface area contributed by atoms with E-state index >= 15 is 0 Å². The van der Waals surface area contributed by atoms with E-state index in [0.717, 1.165) is 10.4 Å². The van der Waals surface area contributed by atoms with Crippen molar-refractivity contribution < 1.29 is 22.3 Å². The van der Waals surface area contributed by atoms with E-state index in [0.29, 0.717) is 5.02 Å². The first kappa shape index (κ1) is 20.5. The highest BCUT2D eigenvalue weighted by Gasteiger charge is 2.58. The Labute approximate surface area is 176 Å². The van der Waals surface area contributed by atoms with Crippen molar-refractivity contribution in [1.82, 2.24) is 9.29 Å². The van der Waals surface area contributed by atoms with Gasteiger partial charge >= 0.3 is 0 Å².